The van der Waals surface area contributed by atoms with Crippen molar-refractivity contribution in [3.05, 3.63) is 51.7 Å². The molecule has 1 aliphatic rings. The Morgan fingerprint density at radius 3 is 2.74 bits per heavy atom. The lowest BCUT2D eigenvalue weighted by Crippen LogP contribution is -2.43. The largest absolute Gasteiger partial charge is 0.323 e. The minimum Gasteiger partial charge on any atom is -0.323 e. The highest BCUT2D eigenvalue weighted by Gasteiger charge is 2.27. The molecule has 1 aliphatic heterocycles. The number of rotatable bonds is 2. The van der Waals surface area contributed by atoms with E-state index in [1.807, 2.05) is 0 Å². The third-order valence-corrected chi connectivity index (χ3v) is 3.74. The van der Waals surface area contributed by atoms with E-state index >= 15 is 0 Å². The topological polar surface area (TPSA) is 95.2 Å². The van der Waals surface area contributed by atoms with Gasteiger partial charge in [0, 0.05) is 11.3 Å². The van der Waals surface area contributed by atoms with Gasteiger partial charge < -0.3 is 15.2 Å². The van der Waals surface area contributed by atoms with Crippen LogP contribution in [-0.2, 0) is 16.0 Å². The molecular formula is C16H16N4O3. The SMILES string of the molecule is Cc1nc(C)c(CC(=O)N2CC(=O)Nc3ccccc32)c(=O)[nH]1. The second-order valence-corrected chi connectivity index (χ2v) is 5.44. The number of carbonyl (C=O) groups excluding carboxylic acids is 2. The number of fused-ring (bicyclic) bond motifs is 1. The lowest BCUT2D eigenvalue weighted by atomic mass is 10.1. The molecule has 2 heterocycles. The van der Waals surface area contributed by atoms with Crippen LogP contribution in [0.5, 0.6) is 0 Å². The zero-order valence-electron chi connectivity index (χ0n) is 12.8. The number of H-pyrrole nitrogens is 1. The molecule has 118 valence electrons. The maximum Gasteiger partial charge on any atom is 0.254 e. The molecule has 0 saturated carbocycles. The van der Waals surface area contributed by atoms with Crippen LogP contribution in [0.4, 0.5) is 11.4 Å². The Labute approximate surface area is 132 Å². The van der Waals surface area contributed by atoms with Crippen molar-refractivity contribution in [2.24, 2.45) is 0 Å². The highest BCUT2D eigenvalue weighted by atomic mass is 16.2. The fraction of sp³-hybridized carbons (Fsp3) is 0.250. The van der Waals surface area contributed by atoms with Crippen LogP contribution in [0.2, 0.25) is 0 Å². The summed E-state index contributed by atoms with van der Waals surface area (Å²) in [4.78, 5) is 44.6. The number of aromatic amines is 1. The number of benzene rings is 1. The van der Waals surface area contributed by atoms with E-state index in [1.165, 1.54) is 4.90 Å². The van der Waals surface area contributed by atoms with Crippen LogP contribution in [0.15, 0.2) is 29.1 Å². The van der Waals surface area contributed by atoms with Gasteiger partial charge in [0.05, 0.1) is 17.8 Å². The molecule has 3 rings (SSSR count). The van der Waals surface area contributed by atoms with E-state index in [0.717, 1.165) is 0 Å². The maximum atomic E-state index is 12.6. The smallest absolute Gasteiger partial charge is 0.254 e. The third kappa shape index (κ3) is 2.85. The highest BCUT2D eigenvalue weighted by Crippen LogP contribution is 2.29. The average Bonchev–Trinajstić information content (AvgIpc) is 2.49. The fourth-order valence-electron chi connectivity index (χ4n) is 2.66. The van der Waals surface area contributed by atoms with Gasteiger partial charge in [-0.25, -0.2) is 4.98 Å². The second-order valence-electron chi connectivity index (χ2n) is 5.44. The van der Waals surface area contributed by atoms with Gasteiger partial charge in [0.15, 0.2) is 0 Å². The number of aryl methyl sites for hydroxylation is 2. The molecule has 0 unspecified atom stereocenters. The summed E-state index contributed by atoms with van der Waals surface area (Å²) in [6.07, 6.45) is -0.101. The van der Waals surface area contributed by atoms with Crippen molar-refractivity contribution >= 4 is 23.2 Å². The molecular weight excluding hydrogens is 296 g/mol. The summed E-state index contributed by atoms with van der Waals surface area (Å²) in [5.41, 5.74) is 1.74. The van der Waals surface area contributed by atoms with Gasteiger partial charge in [-0.05, 0) is 26.0 Å². The zero-order valence-corrected chi connectivity index (χ0v) is 12.8. The zero-order chi connectivity index (χ0) is 16.6. The van der Waals surface area contributed by atoms with E-state index < -0.39 is 0 Å². The Bertz CT molecular complexity index is 857. The number of nitrogens with one attached hydrogen (secondary N) is 2. The Balaban J connectivity index is 1.93. The van der Waals surface area contributed by atoms with E-state index in [2.05, 4.69) is 15.3 Å². The van der Waals surface area contributed by atoms with E-state index in [-0.39, 0.29) is 30.3 Å². The molecule has 23 heavy (non-hydrogen) atoms. The number of hydrogen-bond acceptors (Lipinski definition) is 4. The lowest BCUT2D eigenvalue weighted by Gasteiger charge is -2.29. The molecule has 1 aromatic carbocycles. The monoisotopic (exact) mass is 312 g/mol. The average molecular weight is 312 g/mol. The quantitative estimate of drug-likeness (QED) is 0.862. The van der Waals surface area contributed by atoms with Crippen LogP contribution in [0.1, 0.15) is 17.1 Å². The van der Waals surface area contributed by atoms with Gasteiger partial charge in [-0.3, -0.25) is 14.4 Å². The van der Waals surface area contributed by atoms with Gasteiger partial charge in [0.2, 0.25) is 11.8 Å². The first-order valence-electron chi connectivity index (χ1n) is 7.21. The maximum absolute atomic E-state index is 12.6. The molecule has 0 fully saturated rings. The molecule has 0 bridgehead atoms. The number of anilines is 2. The summed E-state index contributed by atoms with van der Waals surface area (Å²) >= 11 is 0. The summed E-state index contributed by atoms with van der Waals surface area (Å²) in [6, 6.07) is 7.07. The van der Waals surface area contributed by atoms with Gasteiger partial charge in [-0.1, -0.05) is 12.1 Å². The molecule has 0 radical (unpaired) electrons. The van der Waals surface area contributed by atoms with Gasteiger partial charge >= 0.3 is 0 Å². The summed E-state index contributed by atoms with van der Waals surface area (Å²) in [6.45, 7) is 3.32. The number of carbonyl (C=O) groups is 2. The van der Waals surface area contributed by atoms with Crippen molar-refractivity contribution in [1.29, 1.82) is 0 Å². The van der Waals surface area contributed by atoms with Crippen LogP contribution >= 0.6 is 0 Å². The van der Waals surface area contributed by atoms with E-state index in [1.54, 1.807) is 38.1 Å². The van der Waals surface area contributed by atoms with E-state index in [4.69, 9.17) is 0 Å². The van der Waals surface area contributed by atoms with Crippen molar-refractivity contribution in [2.45, 2.75) is 20.3 Å². The van der Waals surface area contributed by atoms with Crippen molar-refractivity contribution < 1.29 is 9.59 Å². The number of hydrogen-bond donors (Lipinski definition) is 2. The standard InChI is InChI=1S/C16H16N4O3/c1-9-11(16(23)18-10(2)17-9)7-15(22)20-8-14(21)19-12-5-3-4-6-13(12)20/h3-6H,7-8H2,1-2H3,(H,19,21)(H,17,18,23). The lowest BCUT2D eigenvalue weighted by molar-refractivity contribution is -0.121. The Hall–Kier alpha value is -2.96. The van der Waals surface area contributed by atoms with Gasteiger partial charge in [0.25, 0.3) is 5.56 Å². The Morgan fingerprint density at radius 1 is 1.26 bits per heavy atom. The summed E-state index contributed by atoms with van der Waals surface area (Å²) in [7, 11) is 0. The molecule has 0 spiro atoms. The predicted octanol–water partition coefficient (Wildman–Crippen LogP) is 0.915. The fourth-order valence-corrected chi connectivity index (χ4v) is 2.66. The number of amides is 2. The minimum absolute atomic E-state index is 0.0634. The number of aromatic nitrogens is 2. The van der Waals surface area contributed by atoms with Crippen molar-refractivity contribution in [3.8, 4) is 0 Å². The second kappa shape index (κ2) is 5.68. The van der Waals surface area contributed by atoms with Crippen molar-refractivity contribution in [2.75, 3.05) is 16.8 Å². The highest BCUT2D eigenvalue weighted by molar-refractivity contribution is 6.10. The number of nitrogens with zero attached hydrogens (tertiary/aromatic N) is 2. The molecule has 1 aromatic heterocycles. The van der Waals surface area contributed by atoms with Crippen LogP contribution in [-0.4, -0.2) is 28.3 Å². The summed E-state index contributed by atoms with van der Waals surface area (Å²) < 4.78 is 0. The first kappa shape index (κ1) is 15.0. The van der Waals surface area contributed by atoms with E-state index in [9.17, 15) is 14.4 Å². The van der Waals surface area contributed by atoms with Gasteiger partial charge in [0.1, 0.15) is 12.4 Å². The molecule has 2 N–H and O–H groups in total. The van der Waals surface area contributed by atoms with Crippen LogP contribution in [0.25, 0.3) is 0 Å². The minimum atomic E-state index is -0.321. The van der Waals surface area contributed by atoms with E-state index in [0.29, 0.717) is 28.5 Å². The summed E-state index contributed by atoms with van der Waals surface area (Å²) in [5.74, 6) is -0.0670. The van der Waals surface area contributed by atoms with Gasteiger partial charge in [-0.15, -0.1) is 0 Å². The van der Waals surface area contributed by atoms with Crippen LogP contribution in [0, 0.1) is 13.8 Å². The van der Waals surface area contributed by atoms with Crippen molar-refractivity contribution in [3.63, 3.8) is 0 Å². The molecule has 7 heteroatoms. The van der Waals surface area contributed by atoms with Crippen molar-refractivity contribution in [1.82, 2.24) is 9.97 Å². The third-order valence-electron chi connectivity index (χ3n) is 3.74. The molecule has 7 nitrogen and oxygen atoms in total. The molecule has 2 aromatic rings. The Kier molecular flexibility index (Phi) is 3.69. The molecule has 0 atom stereocenters. The van der Waals surface area contributed by atoms with Crippen LogP contribution < -0.4 is 15.8 Å². The summed E-state index contributed by atoms with van der Waals surface area (Å²) in [5, 5.41) is 2.73. The first-order chi connectivity index (χ1) is 11.0. The molecule has 0 aliphatic carbocycles. The van der Waals surface area contributed by atoms with Crippen LogP contribution in [0.3, 0.4) is 0 Å². The normalized spacial score (nSPS) is 13.5. The predicted molar refractivity (Wildman–Crippen MR) is 85.5 cm³/mol. The molecule has 2 amide bonds. The molecule has 0 saturated heterocycles. The Morgan fingerprint density at radius 2 is 2.00 bits per heavy atom. The first-order valence-corrected chi connectivity index (χ1v) is 7.21. The number of para-hydroxylation sites is 2. The van der Waals surface area contributed by atoms with Gasteiger partial charge in [-0.2, -0.15) is 0 Å².